The van der Waals surface area contributed by atoms with Gasteiger partial charge in [0, 0.05) is 18.7 Å². The lowest BCUT2D eigenvalue weighted by atomic mass is 10.2. The quantitative estimate of drug-likeness (QED) is 0.370. The van der Waals surface area contributed by atoms with Gasteiger partial charge in [-0.05, 0) is 30.7 Å². The lowest BCUT2D eigenvalue weighted by Gasteiger charge is -2.20. The number of aromatic nitrogens is 2. The van der Waals surface area contributed by atoms with E-state index in [2.05, 4.69) is 10.2 Å². The zero-order chi connectivity index (χ0) is 21.5. The number of nitrogens with zero attached hydrogens (tertiary/aromatic N) is 4. The topological polar surface area (TPSA) is 112 Å². The summed E-state index contributed by atoms with van der Waals surface area (Å²) in [6.45, 7) is 2.34. The number of non-ortho nitro benzene ring substituents is 1. The summed E-state index contributed by atoms with van der Waals surface area (Å²) in [5.74, 6) is 0.653. The highest BCUT2D eigenvalue weighted by atomic mass is 35.5. The number of nitro groups is 1. The molecule has 0 fully saturated rings. The summed E-state index contributed by atoms with van der Waals surface area (Å²) in [7, 11) is 0. The molecule has 0 atom stereocenters. The molecule has 2 aromatic carbocycles. The average Bonchev–Trinajstić information content (AvgIpc) is 3.20. The summed E-state index contributed by atoms with van der Waals surface area (Å²) in [6.07, 6.45) is 0.731. The van der Waals surface area contributed by atoms with Crippen molar-refractivity contribution in [1.82, 2.24) is 15.1 Å². The van der Waals surface area contributed by atoms with E-state index in [4.69, 9.17) is 20.8 Å². The minimum absolute atomic E-state index is 0.0491. The van der Waals surface area contributed by atoms with Crippen LogP contribution in [-0.4, -0.2) is 39.1 Å². The number of hydrogen-bond acceptors (Lipinski definition) is 7. The zero-order valence-electron chi connectivity index (χ0n) is 16.2. The summed E-state index contributed by atoms with van der Waals surface area (Å²) >= 11 is 6.15. The van der Waals surface area contributed by atoms with Crippen molar-refractivity contribution in [3.8, 4) is 17.2 Å². The van der Waals surface area contributed by atoms with E-state index in [0.29, 0.717) is 22.9 Å². The highest BCUT2D eigenvalue weighted by Crippen LogP contribution is 2.26. The van der Waals surface area contributed by atoms with E-state index in [1.807, 2.05) is 13.0 Å². The molecule has 1 heterocycles. The van der Waals surface area contributed by atoms with E-state index in [0.717, 1.165) is 6.42 Å². The van der Waals surface area contributed by atoms with Gasteiger partial charge in [0.05, 0.1) is 22.1 Å². The van der Waals surface area contributed by atoms with E-state index < -0.39 is 4.92 Å². The Morgan fingerprint density at radius 3 is 2.60 bits per heavy atom. The summed E-state index contributed by atoms with van der Waals surface area (Å²) in [6, 6.07) is 12.6. The van der Waals surface area contributed by atoms with Crippen molar-refractivity contribution in [3.05, 3.63) is 69.6 Å². The molecule has 0 saturated carbocycles. The molecular formula is C20H19ClN4O5. The molecule has 3 rings (SSSR count). The fourth-order valence-corrected chi connectivity index (χ4v) is 2.90. The molecule has 0 aliphatic carbocycles. The molecule has 0 radical (unpaired) electrons. The summed E-state index contributed by atoms with van der Waals surface area (Å²) < 4.78 is 11.1. The van der Waals surface area contributed by atoms with Gasteiger partial charge >= 0.3 is 0 Å². The van der Waals surface area contributed by atoms with Crippen LogP contribution in [0.2, 0.25) is 5.02 Å². The zero-order valence-corrected chi connectivity index (χ0v) is 16.9. The van der Waals surface area contributed by atoms with Gasteiger partial charge in [-0.3, -0.25) is 14.9 Å². The molecule has 0 unspecified atom stereocenters. The first kappa shape index (κ1) is 21.3. The van der Waals surface area contributed by atoms with E-state index in [9.17, 15) is 14.9 Å². The first-order chi connectivity index (χ1) is 14.5. The van der Waals surface area contributed by atoms with Crippen LogP contribution in [0.3, 0.4) is 0 Å². The van der Waals surface area contributed by atoms with Gasteiger partial charge < -0.3 is 14.1 Å². The molecule has 0 aliphatic heterocycles. The normalized spacial score (nSPS) is 10.6. The summed E-state index contributed by atoms with van der Waals surface area (Å²) in [4.78, 5) is 24.3. The number of halogens is 1. The lowest BCUT2D eigenvalue weighted by molar-refractivity contribution is -0.384. The molecular weight excluding hydrogens is 412 g/mol. The third-order valence-corrected chi connectivity index (χ3v) is 4.48. The maximum absolute atomic E-state index is 12.6. The molecule has 3 aromatic rings. The smallest absolute Gasteiger partial charge is 0.269 e. The highest BCUT2D eigenvalue weighted by molar-refractivity contribution is 6.33. The fourth-order valence-electron chi connectivity index (χ4n) is 2.69. The Balaban J connectivity index is 1.63. The lowest BCUT2D eigenvalue weighted by Crippen LogP contribution is -2.35. The van der Waals surface area contributed by atoms with Gasteiger partial charge in [0.15, 0.2) is 6.61 Å². The van der Waals surface area contributed by atoms with Crippen molar-refractivity contribution in [2.24, 2.45) is 0 Å². The Morgan fingerprint density at radius 2 is 1.93 bits per heavy atom. The number of carbonyl (C=O) groups excluding carboxylic acids is 1. The van der Waals surface area contributed by atoms with Crippen LogP contribution in [0.5, 0.6) is 5.75 Å². The molecule has 1 amide bonds. The van der Waals surface area contributed by atoms with Gasteiger partial charge in [-0.15, -0.1) is 10.2 Å². The van der Waals surface area contributed by atoms with Gasteiger partial charge in [0.1, 0.15) is 5.75 Å². The molecule has 9 nitrogen and oxygen atoms in total. The van der Waals surface area contributed by atoms with E-state index in [1.54, 1.807) is 23.1 Å². The second-order valence-electron chi connectivity index (χ2n) is 6.34. The molecule has 0 saturated heterocycles. The van der Waals surface area contributed by atoms with Crippen LogP contribution in [0.4, 0.5) is 5.69 Å². The molecule has 1 aromatic heterocycles. The van der Waals surface area contributed by atoms with Crippen molar-refractivity contribution < 1.29 is 18.9 Å². The Bertz CT molecular complexity index is 1020. The Morgan fingerprint density at radius 1 is 1.20 bits per heavy atom. The minimum Gasteiger partial charge on any atom is -0.484 e. The number of amides is 1. The van der Waals surface area contributed by atoms with Crippen molar-refractivity contribution in [2.45, 2.75) is 19.9 Å². The number of nitro benzene ring substituents is 1. The van der Waals surface area contributed by atoms with E-state index in [1.165, 1.54) is 24.3 Å². The summed E-state index contributed by atoms with van der Waals surface area (Å²) in [5.41, 5.74) is 0.569. The fraction of sp³-hybridized carbons (Fsp3) is 0.250. The molecule has 156 valence electrons. The number of benzene rings is 2. The van der Waals surface area contributed by atoms with Crippen LogP contribution < -0.4 is 4.74 Å². The average molecular weight is 431 g/mol. The van der Waals surface area contributed by atoms with Gasteiger partial charge in [-0.2, -0.15) is 0 Å². The maximum atomic E-state index is 12.6. The van der Waals surface area contributed by atoms with Gasteiger partial charge in [0.2, 0.25) is 11.8 Å². The second kappa shape index (κ2) is 9.84. The van der Waals surface area contributed by atoms with Crippen LogP contribution in [0.15, 0.2) is 52.9 Å². The standard InChI is InChI=1S/C20H19ClN4O5/c1-2-11-24(19(26)13-29-15-9-7-14(8-10-15)25(27)28)12-18-22-23-20(30-18)16-5-3-4-6-17(16)21/h3-10H,2,11-13H2,1H3. The third-order valence-electron chi connectivity index (χ3n) is 4.15. The van der Waals surface area contributed by atoms with Gasteiger partial charge in [0.25, 0.3) is 11.6 Å². The van der Waals surface area contributed by atoms with E-state index >= 15 is 0 Å². The first-order valence-corrected chi connectivity index (χ1v) is 9.58. The predicted molar refractivity (Wildman–Crippen MR) is 109 cm³/mol. The van der Waals surface area contributed by atoms with Gasteiger partial charge in [-0.25, -0.2) is 0 Å². The monoisotopic (exact) mass is 430 g/mol. The first-order valence-electron chi connectivity index (χ1n) is 9.20. The predicted octanol–water partition coefficient (Wildman–Crippen LogP) is 4.12. The Hall–Kier alpha value is -3.46. The van der Waals surface area contributed by atoms with Crippen LogP contribution in [0, 0.1) is 10.1 Å². The highest BCUT2D eigenvalue weighted by Gasteiger charge is 2.19. The number of rotatable bonds is 9. The van der Waals surface area contributed by atoms with Crippen LogP contribution in [0.1, 0.15) is 19.2 Å². The summed E-state index contributed by atoms with van der Waals surface area (Å²) in [5, 5.41) is 19.2. The van der Waals surface area contributed by atoms with Crippen LogP contribution in [0.25, 0.3) is 11.5 Å². The molecule has 0 N–H and O–H groups in total. The molecule has 0 spiro atoms. The molecule has 0 aliphatic rings. The Kier molecular flexibility index (Phi) is 6.97. The van der Waals surface area contributed by atoms with Crippen LogP contribution in [-0.2, 0) is 11.3 Å². The number of carbonyl (C=O) groups is 1. The Labute approximate surface area is 177 Å². The third kappa shape index (κ3) is 5.32. The van der Waals surface area contributed by atoms with Crippen LogP contribution >= 0.6 is 11.6 Å². The van der Waals surface area contributed by atoms with E-state index in [-0.39, 0.29) is 36.5 Å². The second-order valence-corrected chi connectivity index (χ2v) is 6.74. The minimum atomic E-state index is -0.501. The van der Waals surface area contributed by atoms with Crippen molar-refractivity contribution in [2.75, 3.05) is 13.2 Å². The molecule has 10 heteroatoms. The molecule has 0 bridgehead atoms. The number of ether oxygens (including phenoxy) is 1. The van der Waals surface area contributed by atoms with Crippen molar-refractivity contribution >= 4 is 23.2 Å². The van der Waals surface area contributed by atoms with Gasteiger partial charge in [-0.1, -0.05) is 30.7 Å². The molecule has 30 heavy (non-hydrogen) atoms. The maximum Gasteiger partial charge on any atom is 0.269 e. The number of hydrogen-bond donors (Lipinski definition) is 0. The van der Waals surface area contributed by atoms with Crippen molar-refractivity contribution in [1.29, 1.82) is 0 Å². The van der Waals surface area contributed by atoms with Crippen molar-refractivity contribution in [3.63, 3.8) is 0 Å². The SMILES string of the molecule is CCCN(Cc1nnc(-c2ccccc2Cl)o1)C(=O)COc1ccc([N+](=O)[O-])cc1. The largest absolute Gasteiger partial charge is 0.484 e.